The average molecular weight is 292 g/mol. The maximum absolute atomic E-state index is 5.62. The first kappa shape index (κ1) is 14.9. The van der Waals surface area contributed by atoms with Crippen LogP contribution < -0.4 is 10.1 Å². The Kier molecular flexibility index (Phi) is 5.88. The first-order chi connectivity index (χ1) is 9.74. The lowest BCUT2D eigenvalue weighted by atomic mass is 10.1. The maximum Gasteiger partial charge on any atom is 0.294 e. The minimum absolute atomic E-state index is 0.448. The second kappa shape index (κ2) is 7.91. The molecule has 5 nitrogen and oxygen atoms in total. The maximum atomic E-state index is 5.62. The van der Waals surface area contributed by atoms with Crippen molar-refractivity contribution < 1.29 is 4.74 Å². The molecule has 0 aliphatic rings. The molecular weight excluding hydrogens is 272 g/mol. The van der Waals surface area contributed by atoms with Crippen LogP contribution in [0.4, 0.5) is 0 Å². The lowest BCUT2D eigenvalue weighted by Crippen LogP contribution is -2.21. The quantitative estimate of drug-likeness (QED) is 0.757. The molecular formula is C14H20N4OS. The number of aryl methyl sites for hydroxylation is 1. The highest BCUT2D eigenvalue weighted by Gasteiger charge is 2.05. The summed E-state index contributed by atoms with van der Waals surface area (Å²) < 4.78 is 5.62. The Morgan fingerprint density at radius 2 is 2.05 bits per heavy atom. The average Bonchev–Trinajstić information content (AvgIpc) is 2.90. The minimum Gasteiger partial charge on any atom is -0.469 e. The molecule has 6 heteroatoms. The molecule has 108 valence electrons. The van der Waals surface area contributed by atoms with Crippen LogP contribution in [-0.2, 0) is 13.0 Å². The molecule has 2 aromatic heterocycles. The van der Waals surface area contributed by atoms with Gasteiger partial charge in [-0.15, -0.1) is 10.2 Å². The van der Waals surface area contributed by atoms with Crippen LogP contribution in [0, 0.1) is 0 Å². The number of hydrogen-bond donors (Lipinski definition) is 1. The molecule has 0 spiro atoms. The van der Waals surface area contributed by atoms with E-state index in [9.17, 15) is 0 Å². The van der Waals surface area contributed by atoms with Gasteiger partial charge in [-0.2, -0.15) is 0 Å². The van der Waals surface area contributed by atoms with E-state index in [0.29, 0.717) is 17.8 Å². The minimum atomic E-state index is 0.448. The highest BCUT2D eigenvalue weighted by Crippen LogP contribution is 2.18. The zero-order chi connectivity index (χ0) is 14.2. The van der Waals surface area contributed by atoms with E-state index < -0.39 is 0 Å². The van der Waals surface area contributed by atoms with Gasteiger partial charge in [-0.05, 0) is 30.5 Å². The number of ether oxygens (including phenoxy) is 1. The van der Waals surface area contributed by atoms with Crippen LogP contribution in [0.2, 0.25) is 0 Å². The van der Waals surface area contributed by atoms with Gasteiger partial charge in [0.25, 0.3) is 5.19 Å². The monoisotopic (exact) mass is 292 g/mol. The van der Waals surface area contributed by atoms with E-state index in [2.05, 4.69) is 34.3 Å². The number of rotatable bonds is 8. The van der Waals surface area contributed by atoms with E-state index in [0.717, 1.165) is 24.4 Å². The van der Waals surface area contributed by atoms with Crippen LogP contribution in [0.1, 0.15) is 30.8 Å². The van der Waals surface area contributed by atoms with Crippen molar-refractivity contribution >= 4 is 11.3 Å². The molecule has 1 N–H and O–H groups in total. The van der Waals surface area contributed by atoms with Crippen molar-refractivity contribution in [3.63, 3.8) is 0 Å². The molecule has 0 saturated heterocycles. The molecule has 20 heavy (non-hydrogen) atoms. The van der Waals surface area contributed by atoms with E-state index in [4.69, 9.17) is 4.74 Å². The number of nitrogens with zero attached hydrogens (tertiary/aromatic N) is 3. The predicted molar refractivity (Wildman–Crippen MR) is 79.9 cm³/mol. The zero-order valence-corrected chi connectivity index (χ0v) is 12.7. The fraction of sp³-hybridized carbons (Fsp3) is 0.500. The van der Waals surface area contributed by atoms with Crippen molar-refractivity contribution in [1.82, 2.24) is 20.5 Å². The summed E-state index contributed by atoms with van der Waals surface area (Å²) >= 11 is 1.50. The molecule has 0 aromatic carbocycles. The Morgan fingerprint density at radius 1 is 1.25 bits per heavy atom. The summed E-state index contributed by atoms with van der Waals surface area (Å²) in [6.45, 7) is 5.62. The van der Waals surface area contributed by atoms with Gasteiger partial charge >= 0.3 is 0 Å². The highest BCUT2D eigenvalue weighted by molar-refractivity contribution is 7.13. The van der Waals surface area contributed by atoms with Gasteiger partial charge in [-0.3, -0.25) is 4.98 Å². The molecule has 0 aliphatic carbocycles. The van der Waals surface area contributed by atoms with Gasteiger partial charge in [0.15, 0.2) is 0 Å². The second-order valence-corrected chi connectivity index (χ2v) is 5.83. The Labute approximate surface area is 123 Å². The summed E-state index contributed by atoms with van der Waals surface area (Å²) in [5.74, 6) is 0. The van der Waals surface area contributed by atoms with Crippen LogP contribution in [0.5, 0.6) is 5.19 Å². The smallest absolute Gasteiger partial charge is 0.294 e. The van der Waals surface area contributed by atoms with Crippen molar-refractivity contribution in [3.05, 3.63) is 35.1 Å². The summed E-state index contributed by atoms with van der Waals surface area (Å²) in [7, 11) is 0. The summed E-state index contributed by atoms with van der Waals surface area (Å²) in [6, 6.07) is 4.50. The van der Waals surface area contributed by atoms with Crippen LogP contribution >= 0.6 is 11.3 Å². The predicted octanol–water partition coefficient (Wildman–Crippen LogP) is 2.44. The largest absolute Gasteiger partial charge is 0.469 e. The van der Waals surface area contributed by atoms with E-state index in [1.54, 1.807) is 0 Å². The molecule has 2 rings (SSSR count). The van der Waals surface area contributed by atoms with Gasteiger partial charge < -0.3 is 10.1 Å². The molecule has 0 saturated carbocycles. The molecule has 0 radical (unpaired) electrons. The molecule has 0 aliphatic heterocycles. The summed E-state index contributed by atoms with van der Waals surface area (Å²) in [4.78, 5) is 4.00. The third-order valence-electron chi connectivity index (χ3n) is 2.69. The van der Waals surface area contributed by atoms with Crippen LogP contribution in [-0.4, -0.2) is 27.8 Å². The molecule has 0 bridgehead atoms. The van der Waals surface area contributed by atoms with E-state index in [1.807, 2.05) is 24.5 Å². The Hall–Kier alpha value is -1.53. The third kappa shape index (κ3) is 5.22. The van der Waals surface area contributed by atoms with Crippen molar-refractivity contribution in [2.75, 3.05) is 6.61 Å². The molecule has 2 aromatic rings. The molecule has 0 amide bonds. The number of pyridine rings is 1. The van der Waals surface area contributed by atoms with Crippen LogP contribution in [0.15, 0.2) is 24.5 Å². The lowest BCUT2D eigenvalue weighted by molar-refractivity contribution is 0.307. The Bertz CT molecular complexity index is 501. The van der Waals surface area contributed by atoms with Gasteiger partial charge in [0.1, 0.15) is 5.01 Å². The molecule has 0 atom stereocenters. The second-order valence-electron chi connectivity index (χ2n) is 4.80. The van der Waals surface area contributed by atoms with Crippen LogP contribution in [0.25, 0.3) is 0 Å². The van der Waals surface area contributed by atoms with Gasteiger partial charge in [-0.25, -0.2) is 0 Å². The van der Waals surface area contributed by atoms with Crippen molar-refractivity contribution in [2.45, 2.75) is 39.3 Å². The number of hydrogen-bond acceptors (Lipinski definition) is 6. The summed E-state index contributed by atoms with van der Waals surface area (Å²) in [6.07, 6.45) is 5.58. The standard InChI is InChI=1S/C14H20N4OS/c1-11(2)16-10-13-17-18-14(20-13)19-9-3-4-12-5-7-15-8-6-12/h5-8,11,16H,3-4,9-10H2,1-2H3. The van der Waals surface area contributed by atoms with Crippen molar-refractivity contribution in [1.29, 1.82) is 0 Å². The fourth-order valence-electron chi connectivity index (χ4n) is 1.64. The number of aromatic nitrogens is 3. The van der Waals surface area contributed by atoms with Gasteiger partial charge in [0, 0.05) is 18.4 Å². The molecule has 2 heterocycles. The zero-order valence-electron chi connectivity index (χ0n) is 11.9. The summed E-state index contributed by atoms with van der Waals surface area (Å²) in [5.41, 5.74) is 1.28. The van der Waals surface area contributed by atoms with E-state index in [-0.39, 0.29) is 0 Å². The molecule has 0 unspecified atom stereocenters. The van der Waals surface area contributed by atoms with E-state index in [1.165, 1.54) is 16.9 Å². The normalized spacial score (nSPS) is 10.9. The van der Waals surface area contributed by atoms with Crippen LogP contribution in [0.3, 0.4) is 0 Å². The van der Waals surface area contributed by atoms with Gasteiger partial charge in [0.2, 0.25) is 0 Å². The van der Waals surface area contributed by atoms with Gasteiger partial charge in [0.05, 0.1) is 13.2 Å². The molecule has 0 fully saturated rings. The van der Waals surface area contributed by atoms with Crippen molar-refractivity contribution in [2.24, 2.45) is 0 Å². The Morgan fingerprint density at radius 3 is 2.80 bits per heavy atom. The first-order valence-corrected chi connectivity index (χ1v) is 7.63. The van der Waals surface area contributed by atoms with Crippen molar-refractivity contribution in [3.8, 4) is 5.19 Å². The first-order valence-electron chi connectivity index (χ1n) is 6.81. The van der Waals surface area contributed by atoms with E-state index >= 15 is 0 Å². The number of nitrogens with one attached hydrogen (secondary N) is 1. The van der Waals surface area contributed by atoms with Gasteiger partial charge in [-0.1, -0.05) is 25.2 Å². The topological polar surface area (TPSA) is 59.9 Å². The third-order valence-corrected chi connectivity index (χ3v) is 3.53. The lowest BCUT2D eigenvalue weighted by Gasteiger charge is -2.04. The Balaban J connectivity index is 1.67. The SMILES string of the molecule is CC(C)NCc1nnc(OCCCc2ccncc2)s1. The fourth-order valence-corrected chi connectivity index (χ4v) is 2.31. The summed E-state index contributed by atoms with van der Waals surface area (Å²) in [5, 5.41) is 13.1. The highest BCUT2D eigenvalue weighted by atomic mass is 32.1.